The Kier molecular flexibility index (Phi) is 3.35. The van der Waals surface area contributed by atoms with Crippen LogP contribution in [0, 0.1) is 0 Å². The summed E-state index contributed by atoms with van der Waals surface area (Å²) >= 11 is 5.69. The standard InChI is InChI=1S/C4H8Br2O3S/c1-3(7)4(5,6)10(2,8)9/h3,7H,1-2H3. The maximum atomic E-state index is 10.8. The lowest BCUT2D eigenvalue weighted by atomic mass is 10.5. The zero-order valence-corrected chi connectivity index (χ0v) is 9.49. The van der Waals surface area contributed by atoms with E-state index < -0.39 is 18.5 Å². The molecular formula is C4H8Br2O3S. The van der Waals surface area contributed by atoms with E-state index in [1.165, 1.54) is 6.92 Å². The van der Waals surface area contributed by atoms with E-state index in [0.29, 0.717) is 0 Å². The largest absolute Gasteiger partial charge is 0.390 e. The van der Waals surface area contributed by atoms with Gasteiger partial charge < -0.3 is 5.11 Å². The fourth-order valence-corrected chi connectivity index (χ4v) is 0.929. The van der Waals surface area contributed by atoms with Gasteiger partial charge in [-0.25, -0.2) is 8.42 Å². The van der Waals surface area contributed by atoms with Crippen molar-refractivity contribution in [1.82, 2.24) is 0 Å². The van der Waals surface area contributed by atoms with Crippen LogP contribution >= 0.6 is 31.9 Å². The third kappa shape index (κ3) is 2.18. The molecule has 0 aromatic carbocycles. The number of hydrogen-bond acceptors (Lipinski definition) is 3. The first kappa shape index (κ1) is 10.9. The first-order valence-corrected chi connectivity index (χ1v) is 5.93. The number of sulfone groups is 1. The zero-order valence-electron chi connectivity index (χ0n) is 5.51. The van der Waals surface area contributed by atoms with E-state index in [1.807, 2.05) is 0 Å². The van der Waals surface area contributed by atoms with Gasteiger partial charge in [0.05, 0.1) is 6.10 Å². The molecule has 62 valence electrons. The normalized spacial score (nSPS) is 16.9. The second kappa shape index (κ2) is 3.08. The smallest absolute Gasteiger partial charge is 0.206 e. The SMILES string of the molecule is CC(O)C(Br)(Br)S(C)(=O)=O. The van der Waals surface area contributed by atoms with Gasteiger partial charge in [0, 0.05) is 6.26 Å². The second-order valence-electron chi connectivity index (χ2n) is 2.01. The Balaban J connectivity index is 4.76. The number of aliphatic hydroxyl groups is 1. The number of alkyl halides is 2. The Bertz CT molecular complexity index is 207. The summed E-state index contributed by atoms with van der Waals surface area (Å²) in [4.78, 5) is 0. The molecule has 10 heavy (non-hydrogen) atoms. The van der Waals surface area contributed by atoms with Gasteiger partial charge in [0.1, 0.15) is 0 Å². The summed E-state index contributed by atoms with van der Waals surface area (Å²) in [6.45, 7) is 1.38. The summed E-state index contributed by atoms with van der Waals surface area (Å²) in [5.41, 5.74) is 0. The summed E-state index contributed by atoms with van der Waals surface area (Å²) in [5, 5.41) is 8.94. The van der Waals surface area contributed by atoms with E-state index in [-0.39, 0.29) is 0 Å². The molecule has 1 N–H and O–H groups in total. The Morgan fingerprint density at radius 2 is 1.80 bits per heavy atom. The number of rotatable bonds is 2. The van der Waals surface area contributed by atoms with Crippen molar-refractivity contribution in [1.29, 1.82) is 0 Å². The van der Waals surface area contributed by atoms with Crippen molar-refractivity contribution in [2.45, 2.75) is 15.6 Å². The molecule has 0 aromatic heterocycles. The lowest BCUT2D eigenvalue weighted by Crippen LogP contribution is -2.35. The Morgan fingerprint density at radius 1 is 1.50 bits per heavy atom. The predicted molar refractivity (Wildman–Crippen MR) is 47.1 cm³/mol. The van der Waals surface area contributed by atoms with Crippen LogP contribution in [0.2, 0.25) is 0 Å². The van der Waals surface area contributed by atoms with Gasteiger partial charge in [0.15, 0.2) is 9.84 Å². The third-order valence-electron chi connectivity index (χ3n) is 0.981. The van der Waals surface area contributed by atoms with Gasteiger partial charge in [-0.3, -0.25) is 0 Å². The summed E-state index contributed by atoms with van der Waals surface area (Å²) in [7, 11) is -3.32. The number of halogens is 2. The van der Waals surface area contributed by atoms with E-state index in [1.54, 1.807) is 0 Å². The predicted octanol–water partition coefficient (Wildman–Crippen LogP) is 0.855. The summed E-state index contributed by atoms with van der Waals surface area (Å²) in [6, 6.07) is 0. The fourth-order valence-electron chi connectivity index (χ4n) is 0.310. The Labute approximate surface area is 77.0 Å². The highest BCUT2D eigenvalue weighted by Crippen LogP contribution is 2.35. The summed E-state index contributed by atoms with van der Waals surface area (Å²) < 4.78 is 20.3. The van der Waals surface area contributed by atoms with Crippen molar-refractivity contribution < 1.29 is 13.5 Å². The number of hydrogen-bond donors (Lipinski definition) is 1. The van der Waals surface area contributed by atoms with Gasteiger partial charge in [-0.2, -0.15) is 0 Å². The zero-order chi connectivity index (χ0) is 8.58. The van der Waals surface area contributed by atoms with Crippen LogP contribution in [0.1, 0.15) is 6.92 Å². The van der Waals surface area contributed by atoms with Crippen LogP contribution < -0.4 is 0 Å². The van der Waals surface area contributed by atoms with Crippen LogP contribution in [0.3, 0.4) is 0 Å². The summed E-state index contributed by atoms with van der Waals surface area (Å²) in [6.07, 6.45) is 0.0333. The van der Waals surface area contributed by atoms with Gasteiger partial charge in [0.25, 0.3) is 0 Å². The molecule has 0 amide bonds. The molecule has 3 nitrogen and oxygen atoms in total. The minimum Gasteiger partial charge on any atom is -0.390 e. The van der Waals surface area contributed by atoms with Gasteiger partial charge >= 0.3 is 0 Å². The first-order chi connectivity index (χ1) is 4.19. The highest BCUT2D eigenvalue weighted by atomic mass is 79.9. The minimum absolute atomic E-state index is 0.998. The maximum absolute atomic E-state index is 10.8. The maximum Gasteiger partial charge on any atom is 0.206 e. The van der Waals surface area contributed by atoms with Crippen LogP contribution in [0.5, 0.6) is 0 Å². The van der Waals surface area contributed by atoms with Crippen molar-refractivity contribution >= 4 is 41.7 Å². The lowest BCUT2D eigenvalue weighted by Gasteiger charge is -2.20. The molecule has 0 spiro atoms. The summed E-state index contributed by atoms with van der Waals surface area (Å²) in [5.74, 6) is 0. The molecule has 1 atom stereocenters. The molecule has 0 saturated heterocycles. The molecule has 0 bridgehead atoms. The average molecular weight is 296 g/mol. The average Bonchev–Trinajstić information content (AvgIpc) is 1.62. The highest BCUT2D eigenvalue weighted by Gasteiger charge is 2.39. The van der Waals surface area contributed by atoms with Crippen molar-refractivity contribution in [3.8, 4) is 0 Å². The quantitative estimate of drug-likeness (QED) is 0.769. The van der Waals surface area contributed by atoms with E-state index >= 15 is 0 Å². The van der Waals surface area contributed by atoms with Crippen LogP contribution in [0.4, 0.5) is 0 Å². The van der Waals surface area contributed by atoms with Gasteiger partial charge in [-0.1, -0.05) is 31.9 Å². The van der Waals surface area contributed by atoms with Crippen LogP contribution in [-0.4, -0.2) is 28.4 Å². The second-order valence-corrected chi connectivity index (χ2v) is 8.81. The highest BCUT2D eigenvalue weighted by molar-refractivity contribution is 9.28. The van der Waals surface area contributed by atoms with E-state index in [4.69, 9.17) is 5.11 Å². The molecule has 0 radical (unpaired) electrons. The van der Waals surface area contributed by atoms with Crippen LogP contribution in [0.25, 0.3) is 0 Å². The van der Waals surface area contributed by atoms with Gasteiger partial charge in [-0.15, -0.1) is 0 Å². The molecule has 0 saturated carbocycles. The fraction of sp³-hybridized carbons (Fsp3) is 1.00. The molecule has 6 heteroatoms. The molecule has 0 fully saturated rings. The van der Waals surface area contributed by atoms with Crippen LogP contribution in [0.15, 0.2) is 0 Å². The van der Waals surface area contributed by atoms with Crippen molar-refractivity contribution in [2.75, 3.05) is 6.26 Å². The van der Waals surface area contributed by atoms with Crippen LogP contribution in [-0.2, 0) is 9.84 Å². The van der Waals surface area contributed by atoms with Crippen molar-refractivity contribution in [3.63, 3.8) is 0 Å². The monoisotopic (exact) mass is 294 g/mol. The number of aliphatic hydroxyl groups excluding tert-OH is 1. The minimum atomic E-state index is -3.32. The molecular weight excluding hydrogens is 288 g/mol. The Hall–Kier alpha value is 0.870. The molecule has 0 aliphatic carbocycles. The van der Waals surface area contributed by atoms with E-state index in [9.17, 15) is 8.42 Å². The topological polar surface area (TPSA) is 54.4 Å². The van der Waals surface area contributed by atoms with Gasteiger partial charge in [0.2, 0.25) is 2.57 Å². The Morgan fingerprint density at radius 3 is 1.80 bits per heavy atom. The van der Waals surface area contributed by atoms with E-state index in [0.717, 1.165) is 6.26 Å². The van der Waals surface area contributed by atoms with Crippen molar-refractivity contribution in [3.05, 3.63) is 0 Å². The van der Waals surface area contributed by atoms with Gasteiger partial charge in [-0.05, 0) is 6.92 Å². The van der Waals surface area contributed by atoms with E-state index in [2.05, 4.69) is 31.9 Å². The first-order valence-electron chi connectivity index (χ1n) is 2.45. The van der Waals surface area contributed by atoms with Crippen molar-refractivity contribution in [2.24, 2.45) is 0 Å². The molecule has 0 aromatic rings. The molecule has 1 unspecified atom stereocenters. The molecule has 0 heterocycles. The molecule has 0 rings (SSSR count). The third-order valence-corrected chi connectivity index (χ3v) is 7.16. The molecule has 0 aliphatic heterocycles. The molecule has 0 aliphatic rings. The lowest BCUT2D eigenvalue weighted by molar-refractivity contribution is 0.205.